The number of methoxy groups -OCH3 is 1. The molecule has 0 aromatic heterocycles. The molecule has 0 aliphatic carbocycles. The van der Waals surface area contributed by atoms with E-state index in [0.29, 0.717) is 11.6 Å². The first kappa shape index (κ1) is 12.9. The van der Waals surface area contributed by atoms with Crippen molar-refractivity contribution in [1.82, 2.24) is 9.80 Å². The molecule has 1 aliphatic heterocycles. The van der Waals surface area contributed by atoms with Crippen LogP contribution in [0.15, 0.2) is 0 Å². The van der Waals surface area contributed by atoms with Crippen LogP contribution in [0.2, 0.25) is 0 Å². The highest BCUT2D eigenvalue weighted by Crippen LogP contribution is 2.18. The summed E-state index contributed by atoms with van der Waals surface area (Å²) in [5, 5.41) is 0. The van der Waals surface area contributed by atoms with Crippen LogP contribution in [0, 0.1) is 0 Å². The summed E-state index contributed by atoms with van der Waals surface area (Å²) in [5.74, 6) is 0. The SMILES string of the molecule is COCCN1CCN(C(C)(C)C)CC1C. The maximum Gasteiger partial charge on any atom is 0.0589 e. The molecule has 1 unspecified atom stereocenters. The van der Waals surface area contributed by atoms with Gasteiger partial charge in [0.05, 0.1) is 6.61 Å². The van der Waals surface area contributed by atoms with Crippen molar-refractivity contribution in [2.75, 3.05) is 39.9 Å². The second kappa shape index (κ2) is 5.28. The number of ether oxygens (including phenoxy) is 1. The lowest BCUT2D eigenvalue weighted by Gasteiger charge is -2.45. The molecule has 3 nitrogen and oxygen atoms in total. The van der Waals surface area contributed by atoms with E-state index in [1.54, 1.807) is 7.11 Å². The molecule has 15 heavy (non-hydrogen) atoms. The monoisotopic (exact) mass is 214 g/mol. The number of nitrogens with zero attached hydrogens (tertiary/aromatic N) is 2. The van der Waals surface area contributed by atoms with Crippen molar-refractivity contribution in [3.63, 3.8) is 0 Å². The van der Waals surface area contributed by atoms with Gasteiger partial charge in [0.25, 0.3) is 0 Å². The molecule has 0 radical (unpaired) electrons. The van der Waals surface area contributed by atoms with Crippen molar-refractivity contribution in [2.45, 2.75) is 39.3 Å². The molecule has 0 aromatic rings. The Balaban J connectivity index is 2.41. The summed E-state index contributed by atoms with van der Waals surface area (Å²) in [6.07, 6.45) is 0. The molecule has 0 N–H and O–H groups in total. The van der Waals surface area contributed by atoms with Crippen LogP contribution in [0.4, 0.5) is 0 Å². The van der Waals surface area contributed by atoms with Gasteiger partial charge in [-0.2, -0.15) is 0 Å². The van der Waals surface area contributed by atoms with Crippen LogP contribution in [0.1, 0.15) is 27.7 Å². The Labute approximate surface area is 94.4 Å². The Hall–Kier alpha value is -0.120. The lowest BCUT2D eigenvalue weighted by molar-refractivity contribution is 0.0171. The van der Waals surface area contributed by atoms with E-state index in [9.17, 15) is 0 Å². The van der Waals surface area contributed by atoms with Crippen LogP contribution < -0.4 is 0 Å². The fourth-order valence-corrected chi connectivity index (χ4v) is 2.15. The largest absolute Gasteiger partial charge is 0.383 e. The van der Waals surface area contributed by atoms with Crippen LogP contribution in [-0.4, -0.2) is 61.3 Å². The average Bonchev–Trinajstić information content (AvgIpc) is 2.14. The minimum Gasteiger partial charge on any atom is -0.383 e. The Bertz CT molecular complexity index is 189. The van der Waals surface area contributed by atoms with Crippen LogP contribution in [-0.2, 0) is 4.74 Å². The highest BCUT2D eigenvalue weighted by atomic mass is 16.5. The molecule has 0 aromatic carbocycles. The molecule has 1 aliphatic rings. The van der Waals surface area contributed by atoms with Crippen LogP contribution in [0.25, 0.3) is 0 Å². The highest BCUT2D eigenvalue weighted by Gasteiger charge is 2.29. The van der Waals surface area contributed by atoms with Crippen molar-refractivity contribution in [1.29, 1.82) is 0 Å². The Morgan fingerprint density at radius 1 is 1.27 bits per heavy atom. The fraction of sp³-hybridized carbons (Fsp3) is 1.00. The van der Waals surface area contributed by atoms with Crippen LogP contribution in [0.3, 0.4) is 0 Å². The normalized spacial score (nSPS) is 25.8. The van der Waals surface area contributed by atoms with Gasteiger partial charge >= 0.3 is 0 Å². The van der Waals surface area contributed by atoms with Gasteiger partial charge in [0.1, 0.15) is 0 Å². The number of rotatable bonds is 3. The minimum absolute atomic E-state index is 0.307. The first-order chi connectivity index (χ1) is 6.95. The van der Waals surface area contributed by atoms with E-state index in [1.165, 1.54) is 19.6 Å². The molecule has 0 spiro atoms. The summed E-state index contributed by atoms with van der Waals surface area (Å²) < 4.78 is 5.13. The van der Waals surface area contributed by atoms with E-state index in [-0.39, 0.29) is 0 Å². The van der Waals surface area contributed by atoms with Crippen LogP contribution >= 0.6 is 0 Å². The Morgan fingerprint density at radius 3 is 2.40 bits per heavy atom. The van der Waals surface area contributed by atoms with Crippen molar-refractivity contribution in [3.8, 4) is 0 Å². The molecule has 0 bridgehead atoms. The third-order valence-electron chi connectivity index (χ3n) is 3.30. The summed E-state index contributed by atoms with van der Waals surface area (Å²) in [5.41, 5.74) is 0.307. The third-order valence-corrected chi connectivity index (χ3v) is 3.30. The zero-order valence-corrected chi connectivity index (χ0v) is 10.9. The molecule has 0 saturated carbocycles. The number of hydrogen-bond acceptors (Lipinski definition) is 3. The molecule has 1 fully saturated rings. The van der Waals surface area contributed by atoms with E-state index < -0.39 is 0 Å². The van der Waals surface area contributed by atoms with E-state index in [1.807, 2.05) is 0 Å². The maximum absolute atomic E-state index is 5.13. The molecule has 1 saturated heterocycles. The second-order valence-electron chi connectivity index (χ2n) is 5.49. The lowest BCUT2D eigenvalue weighted by atomic mass is 10.0. The summed E-state index contributed by atoms with van der Waals surface area (Å²) in [4.78, 5) is 5.09. The van der Waals surface area contributed by atoms with Gasteiger partial charge in [-0.1, -0.05) is 0 Å². The van der Waals surface area contributed by atoms with E-state index in [4.69, 9.17) is 4.74 Å². The van der Waals surface area contributed by atoms with Gasteiger partial charge in [0.15, 0.2) is 0 Å². The van der Waals surface area contributed by atoms with Gasteiger partial charge in [0, 0.05) is 44.9 Å². The third kappa shape index (κ3) is 3.74. The predicted octanol–water partition coefficient (Wildman–Crippen LogP) is 1.44. The second-order valence-corrected chi connectivity index (χ2v) is 5.49. The molecule has 0 amide bonds. The quantitative estimate of drug-likeness (QED) is 0.707. The van der Waals surface area contributed by atoms with Gasteiger partial charge in [-0.05, 0) is 27.7 Å². The molecule has 1 atom stereocenters. The van der Waals surface area contributed by atoms with Crippen molar-refractivity contribution < 1.29 is 4.74 Å². The fourth-order valence-electron chi connectivity index (χ4n) is 2.15. The van der Waals surface area contributed by atoms with E-state index in [2.05, 4.69) is 37.5 Å². The topological polar surface area (TPSA) is 15.7 Å². The molecule has 1 rings (SSSR count). The van der Waals surface area contributed by atoms with Crippen LogP contribution in [0.5, 0.6) is 0 Å². The first-order valence-electron chi connectivity index (χ1n) is 5.93. The van der Waals surface area contributed by atoms with Gasteiger partial charge in [-0.3, -0.25) is 9.80 Å². The first-order valence-corrected chi connectivity index (χ1v) is 5.93. The van der Waals surface area contributed by atoms with Crippen molar-refractivity contribution in [2.24, 2.45) is 0 Å². The van der Waals surface area contributed by atoms with E-state index >= 15 is 0 Å². The maximum atomic E-state index is 5.13. The average molecular weight is 214 g/mol. The Kier molecular flexibility index (Phi) is 4.56. The van der Waals surface area contributed by atoms with Crippen molar-refractivity contribution in [3.05, 3.63) is 0 Å². The molecular formula is C12H26N2O. The molecular weight excluding hydrogens is 188 g/mol. The highest BCUT2D eigenvalue weighted by molar-refractivity contribution is 4.85. The number of piperazine rings is 1. The zero-order valence-electron chi connectivity index (χ0n) is 10.9. The minimum atomic E-state index is 0.307. The summed E-state index contributed by atoms with van der Waals surface area (Å²) in [6.45, 7) is 14.6. The van der Waals surface area contributed by atoms with Gasteiger partial charge in [-0.15, -0.1) is 0 Å². The molecule has 90 valence electrons. The summed E-state index contributed by atoms with van der Waals surface area (Å²) >= 11 is 0. The lowest BCUT2D eigenvalue weighted by Crippen LogP contribution is -2.57. The standard InChI is InChI=1S/C12H26N2O/c1-11-10-14(12(2,3)4)7-6-13(11)8-9-15-5/h11H,6-10H2,1-5H3. The zero-order chi connectivity index (χ0) is 11.5. The molecule has 3 heteroatoms. The van der Waals surface area contributed by atoms with Gasteiger partial charge < -0.3 is 4.74 Å². The van der Waals surface area contributed by atoms with Crippen molar-refractivity contribution >= 4 is 0 Å². The summed E-state index contributed by atoms with van der Waals surface area (Å²) in [7, 11) is 1.77. The predicted molar refractivity (Wildman–Crippen MR) is 64.2 cm³/mol. The Morgan fingerprint density at radius 2 is 1.93 bits per heavy atom. The molecule has 1 heterocycles. The van der Waals surface area contributed by atoms with Gasteiger partial charge in [-0.25, -0.2) is 0 Å². The number of hydrogen-bond donors (Lipinski definition) is 0. The van der Waals surface area contributed by atoms with E-state index in [0.717, 1.165) is 13.2 Å². The van der Waals surface area contributed by atoms with Gasteiger partial charge in [0.2, 0.25) is 0 Å². The smallest absolute Gasteiger partial charge is 0.0589 e. The summed E-state index contributed by atoms with van der Waals surface area (Å²) in [6, 6.07) is 0.646.